The Morgan fingerprint density at radius 2 is 1.90 bits per heavy atom. The summed E-state index contributed by atoms with van der Waals surface area (Å²) < 4.78 is 6.53. The van der Waals surface area contributed by atoms with Crippen LogP contribution in [0.1, 0.15) is 21.5 Å². The molecular formula is C16H11BrO3. The number of benzene rings is 2. The molecule has 0 amide bonds. The van der Waals surface area contributed by atoms with Crippen LogP contribution in [0, 0.1) is 6.92 Å². The van der Waals surface area contributed by atoms with E-state index < -0.39 is 0 Å². The smallest absolute Gasteiger partial charge is 0.232 e. The lowest BCUT2D eigenvalue weighted by atomic mass is 10.0. The van der Waals surface area contributed by atoms with E-state index in [1.54, 1.807) is 19.1 Å². The molecule has 3 nitrogen and oxygen atoms in total. The molecule has 3 rings (SSSR count). The molecule has 1 N–H and O–H groups in total. The van der Waals surface area contributed by atoms with Crippen molar-refractivity contribution in [2.45, 2.75) is 6.92 Å². The lowest BCUT2D eigenvalue weighted by Gasteiger charge is -2.01. The van der Waals surface area contributed by atoms with Crippen LogP contribution >= 0.6 is 15.9 Å². The number of phenols is 1. The van der Waals surface area contributed by atoms with Crippen LogP contribution in [0.25, 0.3) is 6.08 Å². The van der Waals surface area contributed by atoms with Gasteiger partial charge in [-0.3, -0.25) is 4.79 Å². The average Bonchev–Trinajstić information content (AvgIpc) is 2.69. The number of Topliss-reactive ketones (excluding diaryl/α,β-unsaturated/α-hetero) is 1. The normalized spacial score (nSPS) is 15.3. The molecule has 0 fully saturated rings. The maximum atomic E-state index is 12.3. The highest BCUT2D eigenvalue weighted by molar-refractivity contribution is 9.10. The predicted molar refractivity (Wildman–Crippen MR) is 79.9 cm³/mol. The molecule has 2 aromatic carbocycles. The number of carbonyl (C=O) groups is 1. The van der Waals surface area contributed by atoms with Gasteiger partial charge in [-0.2, -0.15) is 0 Å². The maximum Gasteiger partial charge on any atom is 0.232 e. The fourth-order valence-electron chi connectivity index (χ4n) is 2.20. The van der Waals surface area contributed by atoms with Gasteiger partial charge in [0.25, 0.3) is 0 Å². The Bertz CT molecular complexity index is 730. The van der Waals surface area contributed by atoms with Crippen molar-refractivity contribution in [1.29, 1.82) is 0 Å². The van der Waals surface area contributed by atoms with Gasteiger partial charge in [0.2, 0.25) is 5.78 Å². The van der Waals surface area contributed by atoms with Crippen LogP contribution in [0.3, 0.4) is 0 Å². The summed E-state index contributed by atoms with van der Waals surface area (Å²) in [6, 6.07) is 10.6. The molecular weight excluding hydrogens is 320 g/mol. The van der Waals surface area contributed by atoms with E-state index >= 15 is 0 Å². The van der Waals surface area contributed by atoms with Crippen molar-refractivity contribution in [2.24, 2.45) is 0 Å². The first-order valence-corrected chi connectivity index (χ1v) is 6.87. The summed E-state index contributed by atoms with van der Waals surface area (Å²) in [5, 5.41) is 9.55. The molecule has 100 valence electrons. The highest BCUT2D eigenvalue weighted by Crippen LogP contribution is 2.37. The van der Waals surface area contributed by atoms with Crippen molar-refractivity contribution in [3.63, 3.8) is 0 Å². The summed E-state index contributed by atoms with van der Waals surface area (Å²) >= 11 is 3.36. The summed E-state index contributed by atoms with van der Waals surface area (Å²) in [6.45, 7) is 1.78. The highest BCUT2D eigenvalue weighted by atomic mass is 79.9. The minimum absolute atomic E-state index is 0.0962. The zero-order valence-electron chi connectivity index (χ0n) is 10.7. The molecule has 0 radical (unpaired) electrons. The third kappa shape index (κ3) is 2.23. The van der Waals surface area contributed by atoms with Gasteiger partial charge in [-0.1, -0.05) is 28.1 Å². The molecule has 1 aliphatic heterocycles. The summed E-state index contributed by atoms with van der Waals surface area (Å²) in [4.78, 5) is 12.3. The Morgan fingerprint density at radius 1 is 1.20 bits per heavy atom. The van der Waals surface area contributed by atoms with Crippen LogP contribution < -0.4 is 4.74 Å². The van der Waals surface area contributed by atoms with Gasteiger partial charge in [0, 0.05) is 10.5 Å². The number of rotatable bonds is 1. The number of ether oxygens (including phenoxy) is 1. The van der Waals surface area contributed by atoms with E-state index in [9.17, 15) is 9.90 Å². The molecule has 0 aliphatic carbocycles. The Labute approximate surface area is 124 Å². The van der Waals surface area contributed by atoms with Crippen molar-refractivity contribution in [2.75, 3.05) is 0 Å². The number of allylic oxidation sites excluding steroid dienone is 1. The molecule has 0 unspecified atom stereocenters. The van der Waals surface area contributed by atoms with Crippen LogP contribution in [0.15, 0.2) is 46.6 Å². The molecule has 0 spiro atoms. The molecule has 4 heteroatoms. The van der Waals surface area contributed by atoms with Crippen LogP contribution in [0.2, 0.25) is 0 Å². The molecule has 0 saturated carbocycles. The average molecular weight is 331 g/mol. The van der Waals surface area contributed by atoms with E-state index in [1.165, 1.54) is 6.07 Å². The van der Waals surface area contributed by atoms with Gasteiger partial charge in [0.15, 0.2) is 5.76 Å². The van der Waals surface area contributed by atoms with Crippen molar-refractivity contribution >= 4 is 27.8 Å². The molecule has 1 aliphatic rings. The van der Waals surface area contributed by atoms with Gasteiger partial charge in [-0.25, -0.2) is 0 Å². The zero-order chi connectivity index (χ0) is 14.3. The lowest BCUT2D eigenvalue weighted by Crippen LogP contribution is -1.99. The summed E-state index contributed by atoms with van der Waals surface area (Å²) in [5.74, 6) is 0.631. The second kappa shape index (κ2) is 4.80. The van der Waals surface area contributed by atoms with Gasteiger partial charge < -0.3 is 9.84 Å². The second-order valence-corrected chi connectivity index (χ2v) is 5.54. The number of ketones is 1. The van der Waals surface area contributed by atoms with E-state index in [1.807, 2.05) is 24.3 Å². The monoisotopic (exact) mass is 330 g/mol. The van der Waals surface area contributed by atoms with Crippen molar-refractivity contribution < 1.29 is 14.6 Å². The van der Waals surface area contributed by atoms with Gasteiger partial charge in [0.05, 0.1) is 5.56 Å². The van der Waals surface area contributed by atoms with Crippen LogP contribution in [-0.4, -0.2) is 10.9 Å². The molecule has 0 aromatic heterocycles. The number of carbonyl (C=O) groups excluding carboxylic acids is 1. The van der Waals surface area contributed by atoms with Crippen LogP contribution in [0.4, 0.5) is 0 Å². The van der Waals surface area contributed by atoms with E-state index in [0.717, 1.165) is 10.0 Å². The number of phenolic OH excluding ortho intramolecular Hbond substituents is 1. The number of hydrogen-bond donors (Lipinski definition) is 1. The van der Waals surface area contributed by atoms with E-state index in [-0.39, 0.29) is 17.3 Å². The molecule has 0 atom stereocenters. The van der Waals surface area contributed by atoms with Gasteiger partial charge >= 0.3 is 0 Å². The van der Waals surface area contributed by atoms with Gasteiger partial charge in [-0.05, 0) is 42.3 Å². The SMILES string of the molecule is Cc1cc(O)cc2c1C(=O)C(=Cc1ccc(Br)cc1)O2. The van der Waals surface area contributed by atoms with Crippen LogP contribution in [0.5, 0.6) is 11.5 Å². The molecule has 2 aromatic rings. The third-order valence-electron chi connectivity index (χ3n) is 3.12. The molecule has 0 bridgehead atoms. The first-order valence-electron chi connectivity index (χ1n) is 6.08. The van der Waals surface area contributed by atoms with Gasteiger partial charge in [0.1, 0.15) is 11.5 Å². The van der Waals surface area contributed by atoms with E-state index in [0.29, 0.717) is 16.9 Å². The quantitative estimate of drug-likeness (QED) is 0.801. The lowest BCUT2D eigenvalue weighted by molar-refractivity contribution is 0.101. The number of halogens is 1. The van der Waals surface area contributed by atoms with Crippen molar-refractivity contribution in [3.05, 3.63) is 63.3 Å². The predicted octanol–water partition coefficient (Wildman–Crippen LogP) is 4.08. The number of aromatic hydroxyl groups is 1. The van der Waals surface area contributed by atoms with Crippen LogP contribution in [-0.2, 0) is 0 Å². The first-order chi connectivity index (χ1) is 9.54. The molecule has 0 saturated heterocycles. The summed E-state index contributed by atoms with van der Waals surface area (Å²) in [7, 11) is 0. The van der Waals surface area contributed by atoms with Crippen molar-refractivity contribution in [3.8, 4) is 11.5 Å². The molecule has 20 heavy (non-hydrogen) atoms. The maximum absolute atomic E-state index is 12.3. The number of fused-ring (bicyclic) bond motifs is 1. The fourth-order valence-corrected chi connectivity index (χ4v) is 2.47. The number of aryl methyl sites for hydroxylation is 1. The standard InChI is InChI=1S/C16H11BrO3/c1-9-6-12(18)8-13-15(9)16(19)14(20-13)7-10-2-4-11(17)5-3-10/h2-8,18H,1H3. The summed E-state index contributed by atoms with van der Waals surface area (Å²) in [5.41, 5.74) is 2.11. The Hall–Kier alpha value is -2.07. The zero-order valence-corrected chi connectivity index (χ0v) is 12.3. The largest absolute Gasteiger partial charge is 0.508 e. The first kappa shape index (κ1) is 12.9. The Kier molecular flexibility index (Phi) is 3.10. The fraction of sp³-hybridized carbons (Fsp3) is 0.0625. The highest BCUT2D eigenvalue weighted by Gasteiger charge is 2.29. The molecule has 1 heterocycles. The number of hydrogen-bond acceptors (Lipinski definition) is 3. The Morgan fingerprint density at radius 3 is 2.60 bits per heavy atom. The third-order valence-corrected chi connectivity index (χ3v) is 3.65. The van der Waals surface area contributed by atoms with Gasteiger partial charge in [-0.15, -0.1) is 0 Å². The summed E-state index contributed by atoms with van der Waals surface area (Å²) in [6.07, 6.45) is 1.70. The minimum atomic E-state index is -0.152. The van der Waals surface area contributed by atoms with E-state index in [4.69, 9.17) is 4.74 Å². The van der Waals surface area contributed by atoms with Crippen molar-refractivity contribution in [1.82, 2.24) is 0 Å². The Balaban J connectivity index is 2.01. The topological polar surface area (TPSA) is 46.5 Å². The second-order valence-electron chi connectivity index (χ2n) is 4.63. The van der Waals surface area contributed by atoms with E-state index in [2.05, 4.69) is 15.9 Å². The minimum Gasteiger partial charge on any atom is -0.508 e.